The van der Waals surface area contributed by atoms with E-state index in [1.807, 2.05) is 19.9 Å². The zero-order valence-electron chi connectivity index (χ0n) is 18.7. The van der Waals surface area contributed by atoms with Gasteiger partial charge in [0.2, 0.25) is 21.8 Å². The van der Waals surface area contributed by atoms with Gasteiger partial charge in [0.05, 0.1) is 17.6 Å². The number of amides is 2. The van der Waals surface area contributed by atoms with Crippen LogP contribution in [-0.2, 0) is 25.4 Å². The van der Waals surface area contributed by atoms with Gasteiger partial charge in [-0.15, -0.1) is 0 Å². The van der Waals surface area contributed by atoms with Crippen LogP contribution in [0.15, 0.2) is 30.3 Å². The minimum Gasteiger partial charge on any atom is -0.342 e. The quantitative estimate of drug-likeness (QED) is 0.417. The lowest BCUT2D eigenvalue weighted by Crippen LogP contribution is -2.49. The first kappa shape index (κ1) is 25.3. The standard InChI is InChI=1S/C22H35N3O5S/c1-17(2)14-19(22(27)25-12-8-5-9-13-25)20(21(26)23-28)15-24(3)31(29,30)16-18-10-6-4-7-11-18/h4,6-7,10-11,17,19-20,28H,5,8-9,12-16H2,1-3H3,(H,23,26)/t19-,20+/m1/s1. The summed E-state index contributed by atoms with van der Waals surface area (Å²) in [5, 5.41) is 9.34. The molecule has 0 unspecified atom stereocenters. The summed E-state index contributed by atoms with van der Waals surface area (Å²) in [6.07, 6.45) is 3.34. The van der Waals surface area contributed by atoms with Crippen LogP contribution < -0.4 is 5.48 Å². The molecule has 1 saturated heterocycles. The fourth-order valence-corrected chi connectivity index (χ4v) is 5.28. The van der Waals surface area contributed by atoms with Crippen molar-refractivity contribution in [2.75, 3.05) is 26.7 Å². The number of benzene rings is 1. The lowest BCUT2D eigenvalue weighted by atomic mass is 9.83. The van der Waals surface area contributed by atoms with Crippen molar-refractivity contribution in [2.45, 2.75) is 45.3 Å². The van der Waals surface area contributed by atoms with Crippen LogP contribution in [0.4, 0.5) is 0 Å². The minimum absolute atomic E-state index is 0.124. The number of hydrogen-bond donors (Lipinski definition) is 2. The smallest absolute Gasteiger partial charge is 0.248 e. The molecule has 8 nitrogen and oxygen atoms in total. The maximum absolute atomic E-state index is 13.3. The summed E-state index contributed by atoms with van der Waals surface area (Å²) in [4.78, 5) is 27.7. The Hall–Kier alpha value is -1.97. The molecule has 31 heavy (non-hydrogen) atoms. The first-order valence-electron chi connectivity index (χ1n) is 10.9. The van der Waals surface area contributed by atoms with E-state index >= 15 is 0 Å². The molecule has 1 fully saturated rings. The molecule has 2 atom stereocenters. The summed E-state index contributed by atoms with van der Waals surface area (Å²) in [5.41, 5.74) is 2.29. The molecule has 0 saturated carbocycles. The molecule has 0 bridgehead atoms. The average molecular weight is 454 g/mol. The van der Waals surface area contributed by atoms with Crippen LogP contribution in [0.3, 0.4) is 0 Å². The Bertz CT molecular complexity index is 823. The third kappa shape index (κ3) is 7.29. The van der Waals surface area contributed by atoms with Crippen molar-refractivity contribution in [3.8, 4) is 0 Å². The maximum atomic E-state index is 13.3. The second-order valence-electron chi connectivity index (χ2n) is 8.73. The predicted octanol–water partition coefficient (Wildman–Crippen LogP) is 2.24. The van der Waals surface area contributed by atoms with Crippen molar-refractivity contribution in [1.82, 2.24) is 14.7 Å². The number of carbonyl (C=O) groups is 2. The molecule has 9 heteroatoms. The Labute approximate surface area is 185 Å². The van der Waals surface area contributed by atoms with Gasteiger partial charge in [-0.3, -0.25) is 14.8 Å². The van der Waals surface area contributed by atoms with Gasteiger partial charge in [0, 0.05) is 26.7 Å². The van der Waals surface area contributed by atoms with Gasteiger partial charge in [0.1, 0.15) is 0 Å². The van der Waals surface area contributed by atoms with Gasteiger partial charge in [0.15, 0.2) is 0 Å². The van der Waals surface area contributed by atoms with Crippen molar-refractivity contribution in [3.63, 3.8) is 0 Å². The van der Waals surface area contributed by atoms with Crippen molar-refractivity contribution in [1.29, 1.82) is 0 Å². The lowest BCUT2D eigenvalue weighted by molar-refractivity contribution is -0.146. The van der Waals surface area contributed by atoms with Crippen molar-refractivity contribution in [2.24, 2.45) is 17.8 Å². The van der Waals surface area contributed by atoms with E-state index < -0.39 is 27.8 Å². The number of nitrogens with one attached hydrogen (secondary N) is 1. The average Bonchev–Trinajstić information content (AvgIpc) is 2.75. The first-order valence-corrected chi connectivity index (χ1v) is 12.5. The number of piperidine rings is 1. The van der Waals surface area contributed by atoms with E-state index in [0.29, 0.717) is 25.1 Å². The zero-order chi connectivity index (χ0) is 23.0. The fourth-order valence-electron chi connectivity index (χ4n) is 4.06. The molecule has 1 aliphatic heterocycles. The van der Waals surface area contributed by atoms with E-state index in [9.17, 15) is 23.2 Å². The summed E-state index contributed by atoms with van der Waals surface area (Å²) in [5.74, 6) is -2.66. The molecular formula is C22H35N3O5S. The summed E-state index contributed by atoms with van der Waals surface area (Å²) < 4.78 is 26.9. The number of hydroxylamine groups is 1. The molecule has 0 aliphatic carbocycles. The molecule has 1 aromatic rings. The minimum atomic E-state index is -3.72. The second kappa shape index (κ2) is 11.6. The first-order chi connectivity index (χ1) is 14.7. The summed E-state index contributed by atoms with van der Waals surface area (Å²) >= 11 is 0. The van der Waals surface area contributed by atoms with Crippen LogP contribution >= 0.6 is 0 Å². The molecule has 1 aromatic carbocycles. The lowest BCUT2D eigenvalue weighted by Gasteiger charge is -2.35. The van der Waals surface area contributed by atoms with Gasteiger partial charge in [-0.1, -0.05) is 44.2 Å². The van der Waals surface area contributed by atoms with Gasteiger partial charge in [-0.25, -0.2) is 18.2 Å². The largest absolute Gasteiger partial charge is 0.342 e. The molecule has 0 radical (unpaired) electrons. The summed E-state index contributed by atoms with van der Waals surface area (Å²) in [7, 11) is -2.31. The fraction of sp³-hybridized carbons (Fsp3) is 0.636. The van der Waals surface area contributed by atoms with E-state index in [1.165, 1.54) is 7.05 Å². The highest BCUT2D eigenvalue weighted by molar-refractivity contribution is 7.88. The van der Waals surface area contributed by atoms with Crippen LogP contribution in [0.5, 0.6) is 0 Å². The van der Waals surface area contributed by atoms with Crippen molar-refractivity contribution >= 4 is 21.8 Å². The highest BCUT2D eigenvalue weighted by Crippen LogP contribution is 2.27. The van der Waals surface area contributed by atoms with E-state index in [4.69, 9.17) is 0 Å². The van der Waals surface area contributed by atoms with Crippen LogP contribution in [-0.4, -0.2) is 61.3 Å². The van der Waals surface area contributed by atoms with E-state index in [1.54, 1.807) is 34.6 Å². The van der Waals surface area contributed by atoms with Crippen LogP contribution in [0.1, 0.15) is 45.1 Å². The highest BCUT2D eigenvalue weighted by Gasteiger charge is 2.39. The molecule has 2 N–H and O–H groups in total. The van der Waals surface area contributed by atoms with Gasteiger partial charge in [0.25, 0.3) is 0 Å². The number of hydrogen-bond acceptors (Lipinski definition) is 5. The number of nitrogens with zero attached hydrogens (tertiary/aromatic N) is 2. The third-order valence-corrected chi connectivity index (χ3v) is 7.56. The molecule has 174 valence electrons. The van der Waals surface area contributed by atoms with E-state index in [0.717, 1.165) is 23.6 Å². The number of sulfonamides is 1. The molecule has 1 aliphatic rings. The van der Waals surface area contributed by atoms with Crippen LogP contribution in [0, 0.1) is 17.8 Å². The number of rotatable bonds is 10. The number of carbonyl (C=O) groups excluding carboxylic acids is 2. The Balaban J connectivity index is 2.25. The molecule has 0 spiro atoms. The Morgan fingerprint density at radius 3 is 2.26 bits per heavy atom. The van der Waals surface area contributed by atoms with Crippen LogP contribution in [0.2, 0.25) is 0 Å². The molecule has 2 amide bonds. The molecule has 1 heterocycles. The topological polar surface area (TPSA) is 107 Å². The predicted molar refractivity (Wildman–Crippen MR) is 118 cm³/mol. The van der Waals surface area contributed by atoms with Gasteiger partial charge < -0.3 is 4.90 Å². The van der Waals surface area contributed by atoms with Gasteiger partial charge in [-0.2, -0.15) is 0 Å². The SMILES string of the molecule is CC(C)C[C@@H](C(=O)N1CCCCC1)[C@H](CN(C)S(=O)(=O)Cc1ccccc1)C(=O)NO. The zero-order valence-corrected chi connectivity index (χ0v) is 19.5. The number of likely N-dealkylation sites (tertiary alicyclic amines) is 1. The van der Waals surface area contributed by atoms with Crippen molar-refractivity contribution < 1.29 is 23.2 Å². The Morgan fingerprint density at radius 2 is 1.71 bits per heavy atom. The molecule has 2 rings (SSSR count). The van der Waals surface area contributed by atoms with E-state index in [2.05, 4.69) is 0 Å². The van der Waals surface area contributed by atoms with Crippen molar-refractivity contribution in [3.05, 3.63) is 35.9 Å². The maximum Gasteiger partial charge on any atom is 0.248 e. The summed E-state index contributed by atoms with van der Waals surface area (Å²) in [6.45, 7) is 5.02. The second-order valence-corrected chi connectivity index (χ2v) is 10.8. The molecular weight excluding hydrogens is 418 g/mol. The Kier molecular flexibility index (Phi) is 9.46. The van der Waals surface area contributed by atoms with Crippen LogP contribution in [0.25, 0.3) is 0 Å². The monoisotopic (exact) mass is 453 g/mol. The molecule has 0 aromatic heterocycles. The van der Waals surface area contributed by atoms with E-state index in [-0.39, 0.29) is 24.1 Å². The highest BCUT2D eigenvalue weighted by atomic mass is 32.2. The van der Waals surface area contributed by atoms with Gasteiger partial charge >= 0.3 is 0 Å². The van der Waals surface area contributed by atoms with Gasteiger partial charge in [-0.05, 0) is 37.2 Å². The normalized spacial score (nSPS) is 16.9. The third-order valence-electron chi connectivity index (χ3n) is 5.76. The Morgan fingerprint density at radius 1 is 1.10 bits per heavy atom. The summed E-state index contributed by atoms with van der Waals surface area (Å²) in [6, 6.07) is 8.80.